The van der Waals surface area contributed by atoms with Crippen LogP contribution in [0.5, 0.6) is 23.0 Å². The molecule has 9 N–H and O–H groups in total. The Morgan fingerprint density at radius 2 is 1.53 bits per heavy atom. The molecule has 0 aromatic heterocycles. The lowest BCUT2D eigenvalue weighted by atomic mass is 9.97. The number of aliphatic hydroxyl groups is 5. The number of phenolic OH excluding ortho intramolecular Hbond substituents is 4. The van der Waals surface area contributed by atoms with E-state index >= 15 is 0 Å². The zero-order chi connectivity index (χ0) is 34.4. The fourth-order valence-electron chi connectivity index (χ4n) is 5.10. The lowest BCUT2D eigenvalue weighted by molar-refractivity contribution is -0.359. The van der Waals surface area contributed by atoms with Gasteiger partial charge in [-0.15, -0.1) is 0 Å². The minimum Gasteiger partial charge on any atom is -0.504 e. The van der Waals surface area contributed by atoms with E-state index in [1.807, 2.05) is 0 Å². The quantitative estimate of drug-likeness (QED) is 0.0786. The molecule has 2 heterocycles. The second-order valence-corrected chi connectivity index (χ2v) is 11.0. The van der Waals surface area contributed by atoms with Crippen LogP contribution in [0.4, 0.5) is 0 Å². The first-order valence-corrected chi connectivity index (χ1v) is 14.8. The molecule has 2 aromatic carbocycles. The van der Waals surface area contributed by atoms with Gasteiger partial charge < -0.3 is 74.4 Å². The molecule has 0 unspecified atom stereocenters. The number of ether oxygens (including phenoxy) is 6. The molecule has 260 valence electrons. The van der Waals surface area contributed by atoms with Crippen molar-refractivity contribution in [1.29, 1.82) is 0 Å². The van der Waals surface area contributed by atoms with Gasteiger partial charge in [-0.25, -0.2) is 4.79 Å². The fraction of sp³-hybridized carbons (Fsp3) is 0.516. The van der Waals surface area contributed by atoms with Crippen LogP contribution in [0.25, 0.3) is 6.08 Å². The van der Waals surface area contributed by atoms with E-state index < -0.39 is 91.6 Å². The van der Waals surface area contributed by atoms with E-state index in [4.69, 9.17) is 28.4 Å². The van der Waals surface area contributed by atoms with E-state index in [2.05, 4.69) is 0 Å². The number of phenols is 4. The molecule has 0 spiro atoms. The first-order valence-electron chi connectivity index (χ1n) is 14.8. The molecule has 47 heavy (non-hydrogen) atoms. The predicted molar refractivity (Wildman–Crippen MR) is 158 cm³/mol. The van der Waals surface area contributed by atoms with E-state index in [1.54, 1.807) is 6.92 Å². The van der Waals surface area contributed by atoms with Crippen LogP contribution in [-0.2, 0) is 33.2 Å². The van der Waals surface area contributed by atoms with Crippen molar-refractivity contribution < 1.29 is 79.2 Å². The highest BCUT2D eigenvalue weighted by Crippen LogP contribution is 2.34. The molecule has 2 fully saturated rings. The Bertz CT molecular complexity index is 1370. The summed E-state index contributed by atoms with van der Waals surface area (Å²) in [6.45, 7) is 2.30. The third kappa shape index (κ3) is 8.68. The molecule has 2 aromatic rings. The Hall–Kier alpha value is -3.55. The number of esters is 1. The van der Waals surface area contributed by atoms with Crippen molar-refractivity contribution in [3.05, 3.63) is 53.6 Å². The molecule has 2 saturated heterocycles. The smallest absolute Gasteiger partial charge is 0.331 e. The summed E-state index contributed by atoms with van der Waals surface area (Å²) in [5, 5.41) is 91.5. The second kappa shape index (κ2) is 16.0. The standard InChI is InChI=1S/C31H40O16/c1-3-42-22(16-6-8-18(34)20(36)11-16)13-43-30-27(41)29(47-31-26(40)25(39)24(38)14(2)44-31)28(21(12-32)45-30)46-23(37)9-5-15-4-7-17(33)19(35)10-15/h4-11,14,21-22,24-36,38-41H,3,12-13H2,1-2H3/t14-,21+,22+,24-,25+,26+,27+,28+,29+,30+,31-/m0/s1. The summed E-state index contributed by atoms with van der Waals surface area (Å²) >= 11 is 0. The molecule has 0 radical (unpaired) electrons. The zero-order valence-corrected chi connectivity index (χ0v) is 25.5. The van der Waals surface area contributed by atoms with Crippen molar-refractivity contribution in [2.24, 2.45) is 0 Å². The van der Waals surface area contributed by atoms with Crippen LogP contribution in [0.1, 0.15) is 31.1 Å². The highest BCUT2D eigenvalue weighted by atomic mass is 16.7. The Labute approximate surface area is 269 Å². The maximum Gasteiger partial charge on any atom is 0.331 e. The molecular formula is C31H40O16. The van der Waals surface area contributed by atoms with Gasteiger partial charge in [0.05, 0.1) is 19.3 Å². The number of carbonyl (C=O) groups excluding carboxylic acids is 1. The van der Waals surface area contributed by atoms with Gasteiger partial charge in [0.25, 0.3) is 0 Å². The predicted octanol–water partition coefficient (Wildman–Crippen LogP) is -0.481. The van der Waals surface area contributed by atoms with Crippen molar-refractivity contribution >= 4 is 12.0 Å². The maximum absolute atomic E-state index is 12.9. The number of aromatic hydroxyl groups is 4. The number of aliphatic hydroxyl groups excluding tert-OH is 5. The summed E-state index contributed by atoms with van der Waals surface area (Å²) in [5.74, 6) is -2.54. The average molecular weight is 669 g/mol. The van der Waals surface area contributed by atoms with Gasteiger partial charge in [-0.2, -0.15) is 0 Å². The minimum atomic E-state index is -1.80. The van der Waals surface area contributed by atoms with E-state index in [1.165, 1.54) is 49.4 Å². The SMILES string of the molecule is CCO[C@H](CO[C@@H]1O[C@H](CO)[C@@H](OC(=O)C=Cc2ccc(O)c(O)c2)[C@H](O[C@@H]2O[C@@H](C)[C@H](O)[C@@H](O)[C@H]2O)[C@H]1O)c1ccc(O)c(O)c1. The second-order valence-electron chi connectivity index (χ2n) is 11.0. The number of hydrogen-bond donors (Lipinski definition) is 9. The molecule has 11 atom stereocenters. The fourth-order valence-corrected chi connectivity index (χ4v) is 5.10. The van der Waals surface area contributed by atoms with Gasteiger partial charge in [0.2, 0.25) is 0 Å². The van der Waals surface area contributed by atoms with E-state index in [9.17, 15) is 50.8 Å². The number of rotatable bonds is 12. The lowest BCUT2D eigenvalue weighted by Crippen LogP contribution is -2.65. The Kier molecular flexibility index (Phi) is 12.4. The molecule has 2 aliphatic rings. The van der Waals surface area contributed by atoms with Crippen molar-refractivity contribution in [3.8, 4) is 23.0 Å². The molecule has 16 heteroatoms. The molecule has 0 aliphatic carbocycles. The monoisotopic (exact) mass is 668 g/mol. The molecule has 2 aliphatic heterocycles. The van der Waals surface area contributed by atoms with Crippen molar-refractivity contribution in [3.63, 3.8) is 0 Å². The first kappa shape index (κ1) is 36.3. The van der Waals surface area contributed by atoms with Crippen molar-refractivity contribution in [1.82, 2.24) is 0 Å². The summed E-state index contributed by atoms with van der Waals surface area (Å²) in [6, 6.07) is 7.83. The minimum absolute atomic E-state index is 0.216. The summed E-state index contributed by atoms with van der Waals surface area (Å²) in [7, 11) is 0. The van der Waals surface area contributed by atoms with Crippen molar-refractivity contribution in [2.75, 3.05) is 19.8 Å². The highest BCUT2D eigenvalue weighted by molar-refractivity contribution is 5.87. The molecule has 0 amide bonds. The van der Waals surface area contributed by atoms with Crippen LogP contribution in [0.2, 0.25) is 0 Å². The summed E-state index contributed by atoms with van der Waals surface area (Å²) in [4.78, 5) is 12.9. The largest absolute Gasteiger partial charge is 0.504 e. The van der Waals surface area contributed by atoms with E-state index in [0.717, 1.165) is 6.08 Å². The van der Waals surface area contributed by atoms with Crippen LogP contribution < -0.4 is 0 Å². The summed E-state index contributed by atoms with van der Waals surface area (Å²) in [5.41, 5.74) is 0.739. The Morgan fingerprint density at radius 3 is 2.17 bits per heavy atom. The topological polar surface area (TPSA) is 255 Å². The van der Waals surface area contributed by atoms with E-state index in [-0.39, 0.29) is 24.7 Å². The van der Waals surface area contributed by atoms with Gasteiger partial charge in [-0.3, -0.25) is 0 Å². The third-order valence-corrected chi connectivity index (χ3v) is 7.71. The van der Waals surface area contributed by atoms with E-state index in [0.29, 0.717) is 11.1 Å². The summed E-state index contributed by atoms with van der Waals surface area (Å²) < 4.78 is 34.2. The van der Waals surface area contributed by atoms with Crippen LogP contribution in [0.15, 0.2) is 42.5 Å². The van der Waals surface area contributed by atoms with Gasteiger partial charge >= 0.3 is 5.97 Å². The summed E-state index contributed by atoms with van der Waals surface area (Å²) in [6.07, 6.45) is -14.1. The van der Waals surface area contributed by atoms with Crippen molar-refractivity contribution in [2.45, 2.75) is 81.4 Å². The van der Waals surface area contributed by atoms with Crippen LogP contribution in [0, 0.1) is 0 Å². The van der Waals surface area contributed by atoms with Crippen LogP contribution in [-0.4, -0.2) is 133 Å². The van der Waals surface area contributed by atoms with Crippen LogP contribution in [0.3, 0.4) is 0 Å². The average Bonchev–Trinajstić information content (AvgIpc) is 3.04. The van der Waals surface area contributed by atoms with Gasteiger partial charge in [0.15, 0.2) is 41.7 Å². The normalized spacial score (nSPS) is 31.9. The maximum atomic E-state index is 12.9. The van der Waals surface area contributed by atoms with Gasteiger partial charge in [-0.05, 0) is 55.3 Å². The Morgan fingerprint density at radius 1 is 0.851 bits per heavy atom. The number of hydrogen-bond acceptors (Lipinski definition) is 16. The number of benzene rings is 2. The molecule has 0 saturated carbocycles. The molecule has 4 rings (SSSR count). The molecule has 0 bridgehead atoms. The number of carbonyl (C=O) groups is 1. The van der Waals surface area contributed by atoms with Gasteiger partial charge in [0, 0.05) is 12.7 Å². The van der Waals surface area contributed by atoms with Gasteiger partial charge in [0.1, 0.15) is 42.7 Å². The van der Waals surface area contributed by atoms with Gasteiger partial charge in [-0.1, -0.05) is 12.1 Å². The zero-order valence-electron chi connectivity index (χ0n) is 25.5. The van der Waals surface area contributed by atoms with Crippen LogP contribution >= 0.6 is 0 Å². The first-order chi connectivity index (χ1) is 22.3. The lowest BCUT2D eigenvalue weighted by Gasteiger charge is -2.46. The molecular weight excluding hydrogens is 628 g/mol. The third-order valence-electron chi connectivity index (χ3n) is 7.71. The molecule has 16 nitrogen and oxygen atoms in total. The highest BCUT2D eigenvalue weighted by Gasteiger charge is 2.52. The Balaban J connectivity index is 1.57.